The van der Waals surface area contributed by atoms with E-state index in [-0.39, 0.29) is 23.4 Å². The first-order valence-electron chi connectivity index (χ1n) is 9.89. The molecule has 0 atom stereocenters. The number of aromatic nitrogens is 3. The minimum Gasteiger partial charge on any atom is -0.509 e. The van der Waals surface area contributed by atoms with Crippen LogP contribution in [-0.4, -0.2) is 19.6 Å². The van der Waals surface area contributed by atoms with Crippen LogP contribution in [0.15, 0.2) is 65.4 Å². The topological polar surface area (TPSA) is 91.8 Å². The highest BCUT2D eigenvalue weighted by Crippen LogP contribution is 2.36. The fourth-order valence-corrected chi connectivity index (χ4v) is 5.78. The monoisotopic (exact) mass is 490 g/mol. The van der Waals surface area contributed by atoms with Gasteiger partial charge < -0.3 is 5.11 Å². The van der Waals surface area contributed by atoms with E-state index in [4.69, 9.17) is 11.6 Å². The van der Waals surface area contributed by atoms with Crippen LogP contribution in [0.1, 0.15) is 9.88 Å². The van der Waals surface area contributed by atoms with Gasteiger partial charge in [-0.1, -0.05) is 35.9 Å². The third kappa shape index (κ3) is 3.80. The second kappa shape index (κ2) is 8.45. The Labute approximate surface area is 201 Å². The molecular formula is C24H15ClN4O2S2. The van der Waals surface area contributed by atoms with Crippen molar-refractivity contribution >= 4 is 60.3 Å². The number of halogens is 1. The van der Waals surface area contributed by atoms with Crippen LogP contribution in [-0.2, 0) is 6.54 Å². The first-order valence-corrected chi connectivity index (χ1v) is 11.9. The summed E-state index contributed by atoms with van der Waals surface area (Å²) in [6, 6.07) is 16.8. The molecule has 0 radical (unpaired) electrons. The third-order valence-electron chi connectivity index (χ3n) is 5.22. The van der Waals surface area contributed by atoms with Gasteiger partial charge >= 0.3 is 0 Å². The average molecular weight is 491 g/mol. The molecule has 0 saturated heterocycles. The minimum absolute atomic E-state index is 0.0441. The van der Waals surface area contributed by atoms with Gasteiger partial charge in [0, 0.05) is 15.5 Å². The molecule has 0 amide bonds. The molecule has 9 heteroatoms. The van der Waals surface area contributed by atoms with Crippen LogP contribution in [0.2, 0.25) is 5.02 Å². The molecule has 3 aromatic heterocycles. The van der Waals surface area contributed by atoms with Gasteiger partial charge in [-0.2, -0.15) is 5.26 Å². The van der Waals surface area contributed by atoms with Crippen molar-refractivity contribution in [1.29, 1.82) is 5.26 Å². The Morgan fingerprint density at radius 2 is 1.94 bits per heavy atom. The SMILES string of the molecule is Cc1sc2ncn(C/C(O)=C(\C#N)c3nc4ccccc4s3)c(=O)c2c1-c1ccc(Cl)cc1. The lowest BCUT2D eigenvalue weighted by atomic mass is 10.0. The summed E-state index contributed by atoms with van der Waals surface area (Å²) in [5.74, 6) is -0.236. The maximum atomic E-state index is 13.4. The molecule has 5 rings (SSSR count). The number of allylic oxidation sites excluding steroid dienone is 2. The third-order valence-corrected chi connectivity index (χ3v) is 7.54. The van der Waals surface area contributed by atoms with Gasteiger partial charge in [0.25, 0.3) is 5.56 Å². The van der Waals surface area contributed by atoms with E-state index in [1.165, 1.54) is 33.6 Å². The second-order valence-corrected chi connectivity index (χ2v) is 9.99. The van der Waals surface area contributed by atoms with Crippen molar-refractivity contribution in [2.24, 2.45) is 0 Å². The van der Waals surface area contributed by atoms with Crippen molar-refractivity contribution in [3.8, 4) is 17.2 Å². The molecule has 6 nitrogen and oxygen atoms in total. The van der Waals surface area contributed by atoms with E-state index in [1.54, 1.807) is 12.1 Å². The Kier molecular flexibility index (Phi) is 5.46. The lowest BCUT2D eigenvalue weighted by Crippen LogP contribution is -2.21. The van der Waals surface area contributed by atoms with E-state index >= 15 is 0 Å². The zero-order valence-corrected chi connectivity index (χ0v) is 19.6. The van der Waals surface area contributed by atoms with Crippen LogP contribution in [0.25, 0.3) is 37.1 Å². The van der Waals surface area contributed by atoms with Gasteiger partial charge in [0.05, 0.1) is 28.5 Å². The Hall–Kier alpha value is -3.51. The summed E-state index contributed by atoms with van der Waals surface area (Å²) in [7, 11) is 0. The highest BCUT2D eigenvalue weighted by Gasteiger charge is 2.19. The van der Waals surface area contributed by atoms with Gasteiger partial charge in [-0.05, 0) is 36.8 Å². The molecule has 0 unspecified atom stereocenters. The van der Waals surface area contributed by atoms with E-state index in [1.807, 2.05) is 49.4 Å². The zero-order valence-electron chi connectivity index (χ0n) is 17.2. The molecule has 3 heterocycles. The zero-order chi connectivity index (χ0) is 23.1. The van der Waals surface area contributed by atoms with Crippen molar-refractivity contribution in [3.05, 3.63) is 85.9 Å². The van der Waals surface area contributed by atoms with E-state index in [0.717, 1.165) is 26.2 Å². The quantitative estimate of drug-likeness (QED) is 0.239. The number of thiophene rings is 1. The fourth-order valence-electron chi connectivity index (χ4n) is 3.67. The van der Waals surface area contributed by atoms with Crippen molar-refractivity contribution in [3.63, 3.8) is 0 Å². The first kappa shape index (κ1) is 21.3. The first-order chi connectivity index (χ1) is 16.0. The molecule has 0 bridgehead atoms. The van der Waals surface area contributed by atoms with Crippen LogP contribution < -0.4 is 5.56 Å². The van der Waals surface area contributed by atoms with Gasteiger partial charge in [-0.25, -0.2) is 9.97 Å². The van der Waals surface area contributed by atoms with Crippen molar-refractivity contribution in [2.75, 3.05) is 0 Å². The highest BCUT2D eigenvalue weighted by atomic mass is 35.5. The molecule has 0 aliphatic rings. The van der Waals surface area contributed by atoms with Gasteiger partial charge in [0.15, 0.2) is 0 Å². The largest absolute Gasteiger partial charge is 0.509 e. The van der Waals surface area contributed by atoms with Gasteiger partial charge in [-0.3, -0.25) is 9.36 Å². The van der Waals surface area contributed by atoms with Crippen LogP contribution in [0, 0.1) is 18.3 Å². The Morgan fingerprint density at radius 3 is 2.67 bits per heavy atom. The van der Waals surface area contributed by atoms with Crippen molar-refractivity contribution in [1.82, 2.24) is 14.5 Å². The highest BCUT2D eigenvalue weighted by molar-refractivity contribution is 7.19. The van der Waals surface area contributed by atoms with E-state index in [2.05, 4.69) is 9.97 Å². The van der Waals surface area contributed by atoms with Gasteiger partial charge in [-0.15, -0.1) is 22.7 Å². The summed E-state index contributed by atoms with van der Waals surface area (Å²) in [6.45, 7) is 1.76. The number of aryl methyl sites for hydroxylation is 1. The van der Waals surface area contributed by atoms with Gasteiger partial charge in [0.2, 0.25) is 0 Å². The normalized spacial score (nSPS) is 12.2. The van der Waals surface area contributed by atoms with Crippen LogP contribution in [0.4, 0.5) is 0 Å². The number of rotatable bonds is 4. The number of para-hydroxylation sites is 1. The minimum atomic E-state index is -0.289. The lowest BCUT2D eigenvalue weighted by Gasteiger charge is -2.07. The summed E-state index contributed by atoms with van der Waals surface area (Å²) in [6.07, 6.45) is 1.40. The van der Waals surface area contributed by atoms with E-state index in [0.29, 0.717) is 20.2 Å². The number of thiazole rings is 1. The molecule has 33 heavy (non-hydrogen) atoms. The Balaban J connectivity index is 1.60. The van der Waals surface area contributed by atoms with Crippen molar-refractivity contribution < 1.29 is 5.11 Å². The summed E-state index contributed by atoms with van der Waals surface area (Å²) in [5.41, 5.74) is 2.17. The number of fused-ring (bicyclic) bond motifs is 2. The molecule has 2 aromatic carbocycles. The summed E-state index contributed by atoms with van der Waals surface area (Å²) < 4.78 is 2.23. The summed E-state index contributed by atoms with van der Waals surface area (Å²) >= 11 is 8.78. The Bertz CT molecular complexity index is 1620. The predicted molar refractivity (Wildman–Crippen MR) is 134 cm³/mol. The van der Waals surface area contributed by atoms with E-state index < -0.39 is 0 Å². The number of nitriles is 1. The molecule has 0 spiro atoms. The molecule has 1 N–H and O–H groups in total. The molecule has 0 aliphatic heterocycles. The smallest absolute Gasteiger partial charge is 0.263 e. The number of aliphatic hydroxyl groups excluding tert-OH is 1. The van der Waals surface area contributed by atoms with Crippen LogP contribution >= 0.6 is 34.3 Å². The average Bonchev–Trinajstić information content (AvgIpc) is 3.37. The lowest BCUT2D eigenvalue weighted by molar-refractivity contribution is 0.376. The fraction of sp³-hybridized carbons (Fsp3) is 0.0833. The summed E-state index contributed by atoms with van der Waals surface area (Å²) in [4.78, 5) is 23.9. The van der Waals surface area contributed by atoms with Crippen LogP contribution in [0.5, 0.6) is 0 Å². The number of benzene rings is 2. The molecule has 0 fully saturated rings. The number of aliphatic hydroxyl groups is 1. The molecule has 5 aromatic rings. The standard InChI is InChI=1S/C24H15ClN4O2S2/c1-13-20(14-6-8-15(25)9-7-14)21-23(32-13)27-12-29(24(21)31)11-18(30)16(10-26)22-28-17-4-2-3-5-19(17)33-22/h2-9,12,30H,11H2,1H3/b18-16-. The Morgan fingerprint density at radius 1 is 1.18 bits per heavy atom. The number of hydrogen-bond donors (Lipinski definition) is 1. The number of hydrogen-bond acceptors (Lipinski definition) is 7. The van der Waals surface area contributed by atoms with E-state index in [9.17, 15) is 15.2 Å². The maximum absolute atomic E-state index is 13.4. The maximum Gasteiger partial charge on any atom is 0.263 e. The molecular weight excluding hydrogens is 476 g/mol. The second-order valence-electron chi connectivity index (χ2n) is 7.32. The molecule has 0 saturated carbocycles. The van der Waals surface area contributed by atoms with Crippen molar-refractivity contribution in [2.45, 2.75) is 13.5 Å². The predicted octanol–water partition coefficient (Wildman–Crippen LogP) is 6.19. The van der Waals surface area contributed by atoms with Gasteiger partial charge in [0.1, 0.15) is 27.2 Å². The van der Waals surface area contributed by atoms with Crippen LogP contribution in [0.3, 0.4) is 0 Å². The number of nitrogens with zero attached hydrogens (tertiary/aromatic N) is 4. The molecule has 162 valence electrons. The summed E-state index contributed by atoms with van der Waals surface area (Å²) in [5, 5.41) is 22.0. The molecule has 0 aliphatic carbocycles.